The van der Waals surface area contributed by atoms with Crippen molar-refractivity contribution in [2.45, 2.75) is 4.90 Å². The van der Waals surface area contributed by atoms with Crippen molar-refractivity contribution < 1.29 is 12.8 Å². The minimum atomic E-state index is -3.75. The second-order valence-corrected chi connectivity index (χ2v) is 5.64. The van der Waals surface area contributed by atoms with Crippen LogP contribution in [0, 0.1) is 5.82 Å². The summed E-state index contributed by atoms with van der Waals surface area (Å²) in [5, 5.41) is -0.231. The molecule has 0 aliphatic heterocycles. The molecule has 0 fully saturated rings. The van der Waals surface area contributed by atoms with Crippen molar-refractivity contribution in [1.29, 1.82) is 0 Å². The van der Waals surface area contributed by atoms with Crippen molar-refractivity contribution in [2.24, 2.45) is 0 Å². The van der Waals surface area contributed by atoms with Crippen LogP contribution in [0.1, 0.15) is 0 Å². The predicted molar refractivity (Wildman–Crippen MR) is 68.7 cm³/mol. The molecule has 2 rings (SSSR count). The molecule has 0 radical (unpaired) electrons. The molecule has 3 nitrogen and oxygen atoms in total. The Bertz CT molecular complexity index is 659. The number of halogens is 2. The van der Waals surface area contributed by atoms with E-state index in [0.29, 0.717) is 5.69 Å². The first-order valence-electron chi connectivity index (χ1n) is 5.02. The van der Waals surface area contributed by atoms with Crippen LogP contribution >= 0.6 is 11.6 Å². The molecule has 0 unspecified atom stereocenters. The average molecular weight is 286 g/mol. The van der Waals surface area contributed by atoms with Crippen LogP contribution in [0.5, 0.6) is 0 Å². The maximum atomic E-state index is 13.0. The van der Waals surface area contributed by atoms with Gasteiger partial charge in [0.25, 0.3) is 10.0 Å². The Morgan fingerprint density at radius 3 is 2.33 bits per heavy atom. The van der Waals surface area contributed by atoms with Crippen LogP contribution in [0.2, 0.25) is 5.02 Å². The number of rotatable bonds is 3. The van der Waals surface area contributed by atoms with Gasteiger partial charge in [0, 0.05) is 5.69 Å². The molecule has 0 aliphatic carbocycles. The number of hydrogen-bond donors (Lipinski definition) is 1. The lowest BCUT2D eigenvalue weighted by molar-refractivity contribution is 0.599. The molecular weight excluding hydrogens is 277 g/mol. The average Bonchev–Trinajstić information content (AvgIpc) is 2.33. The lowest BCUT2D eigenvalue weighted by Gasteiger charge is -2.08. The van der Waals surface area contributed by atoms with Gasteiger partial charge in [0.05, 0.1) is 9.92 Å². The van der Waals surface area contributed by atoms with Crippen LogP contribution in [0.4, 0.5) is 10.1 Å². The molecule has 2 aromatic carbocycles. The second-order valence-electron chi connectivity index (χ2n) is 3.55. The van der Waals surface area contributed by atoms with Crippen molar-refractivity contribution in [3.05, 3.63) is 59.4 Å². The molecule has 1 N–H and O–H groups in total. The monoisotopic (exact) mass is 285 g/mol. The van der Waals surface area contributed by atoms with Crippen LogP contribution in [-0.2, 0) is 10.0 Å². The quantitative estimate of drug-likeness (QED) is 0.941. The Balaban J connectivity index is 2.34. The summed E-state index contributed by atoms with van der Waals surface area (Å²) in [4.78, 5) is -0.0854. The minimum absolute atomic E-state index is 0.0854. The molecule has 0 spiro atoms. The molecule has 0 atom stereocenters. The maximum absolute atomic E-state index is 13.0. The van der Waals surface area contributed by atoms with E-state index in [1.807, 2.05) is 0 Å². The number of anilines is 1. The summed E-state index contributed by atoms with van der Waals surface area (Å²) >= 11 is 5.56. The Labute approximate surface area is 109 Å². The van der Waals surface area contributed by atoms with Crippen molar-refractivity contribution >= 4 is 27.3 Å². The maximum Gasteiger partial charge on any atom is 0.261 e. The van der Waals surface area contributed by atoms with Gasteiger partial charge in [-0.15, -0.1) is 0 Å². The van der Waals surface area contributed by atoms with E-state index in [1.165, 1.54) is 0 Å². The summed E-state index contributed by atoms with van der Waals surface area (Å²) in [6.07, 6.45) is 0. The van der Waals surface area contributed by atoms with Crippen molar-refractivity contribution in [3.63, 3.8) is 0 Å². The van der Waals surface area contributed by atoms with Crippen molar-refractivity contribution in [3.8, 4) is 0 Å². The highest BCUT2D eigenvalue weighted by Crippen LogP contribution is 2.21. The van der Waals surface area contributed by atoms with Gasteiger partial charge in [0.15, 0.2) is 0 Å². The van der Waals surface area contributed by atoms with E-state index in [-0.39, 0.29) is 9.92 Å². The molecule has 94 valence electrons. The smallest absolute Gasteiger partial charge is 0.261 e. The van der Waals surface area contributed by atoms with E-state index in [9.17, 15) is 12.8 Å². The van der Waals surface area contributed by atoms with Gasteiger partial charge in [-0.3, -0.25) is 4.72 Å². The first-order valence-corrected chi connectivity index (χ1v) is 6.88. The fourth-order valence-electron chi connectivity index (χ4n) is 1.36. The molecule has 6 heteroatoms. The van der Waals surface area contributed by atoms with E-state index in [0.717, 1.165) is 18.2 Å². The third-order valence-electron chi connectivity index (χ3n) is 2.23. The van der Waals surface area contributed by atoms with Gasteiger partial charge >= 0.3 is 0 Å². The lowest BCUT2D eigenvalue weighted by atomic mass is 10.3. The predicted octanol–water partition coefficient (Wildman–Crippen LogP) is 3.28. The van der Waals surface area contributed by atoms with E-state index in [1.54, 1.807) is 30.3 Å². The molecule has 0 bridgehead atoms. The fraction of sp³-hybridized carbons (Fsp3) is 0. The third kappa shape index (κ3) is 2.80. The zero-order valence-corrected chi connectivity index (χ0v) is 10.7. The number of nitrogens with one attached hydrogen (secondary N) is 1. The highest BCUT2D eigenvalue weighted by atomic mass is 35.5. The normalized spacial score (nSPS) is 11.2. The van der Waals surface area contributed by atoms with Gasteiger partial charge in [-0.05, 0) is 30.3 Å². The highest BCUT2D eigenvalue weighted by molar-refractivity contribution is 7.92. The Morgan fingerprint density at radius 1 is 1.06 bits per heavy atom. The molecule has 0 amide bonds. The van der Waals surface area contributed by atoms with Gasteiger partial charge < -0.3 is 0 Å². The molecule has 0 heterocycles. The fourth-order valence-corrected chi connectivity index (χ4v) is 2.69. The van der Waals surface area contributed by atoms with E-state index in [4.69, 9.17) is 11.6 Å². The van der Waals surface area contributed by atoms with E-state index < -0.39 is 15.8 Å². The van der Waals surface area contributed by atoms with Crippen molar-refractivity contribution in [2.75, 3.05) is 4.72 Å². The summed E-state index contributed by atoms with van der Waals surface area (Å²) in [6.45, 7) is 0. The summed E-state index contributed by atoms with van der Waals surface area (Å²) < 4.78 is 39.3. The largest absolute Gasteiger partial charge is 0.280 e. The molecule has 0 aromatic heterocycles. The second kappa shape index (κ2) is 4.96. The first-order chi connectivity index (χ1) is 8.49. The summed E-state index contributed by atoms with van der Waals surface area (Å²) in [6, 6.07) is 11.7. The number of hydrogen-bond acceptors (Lipinski definition) is 2. The SMILES string of the molecule is O=S(=O)(Nc1ccccc1)c1ccc(F)c(Cl)c1. The van der Waals surface area contributed by atoms with Gasteiger partial charge in [-0.1, -0.05) is 29.8 Å². The zero-order chi connectivity index (χ0) is 13.2. The summed E-state index contributed by atoms with van der Waals surface area (Å²) in [5.74, 6) is -0.657. The topological polar surface area (TPSA) is 46.2 Å². The van der Waals surface area contributed by atoms with Crippen LogP contribution in [0.25, 0.3) is 0 Å². The minimum Gasteiger partial charge on any atom is -0.280 e. The van der Waals surface area contributed by atoms with Crippen LogP contribution in [0.15, 0.2) is 53.4 Å². The third-order valence-corrected chi connectivity index (χ3v) is 3.90. The summed E-state index contributed by atoms with van der Waals surface area (Å²) in [5.41, 5.74) is 0.429. The standard InChI is InChI=1S/C12H9ClFNO2S/c13-11-8-10(6-7-12(11)14)18(16,17)15-9-4-2-1-3-5-9/h1-8,15H. The van der Waals surface area contributed by atoms with Gasteiger partial charge in [0.2, 0.25) is 0 Å². The highest BCUT2D eigenvalue weighted by Gasteiger charge is 2.15. The van der Waals surface area contributed by atoms with Crippen LogP contribution in [-0.4, -0.2) is 8.42 Å². The molecule has 0 aliphatic rings. The van der Waals surface area contributed by atoms with Gasteiger partial charge in [-0.2, -0.15) is 0 Å². The summed E-state index contributed by atoms with van der Waals surface area (Å²) in [7, 11) is -3.75. The van der Waals surface area contributed by atoms with Crippen molar-refractivity contribution in [1.82, 2.24) is 0 Å². The number of benzene rings is 2. The van der Waals surface area contributed by atoms with Gasteiger partial charge in [-0.25, -0.2) is 12.8 Å². The molecule has 0 saturated carbocycles. The molecule has 0 saturated heterocycles. The Morgan fingerprint density at radius 2 is 1.72 bits per heavy atom. The zero-order valence-electron chi connectivity index (χ0n) is 9.10. The molecule has 18 heavy (non-hydrogen) atoms. The Hall–Kier alpha value is -1.59. The van der Waals surface area contributed by atoms with E-state index in [2.05, 4.69) is 4.72 Å². The lowest BCUT2D eigenvalue weighted by Crippen LogP contribution is -2.12. The van der Waals surface area contributed by atoms with Gasteiger partial charge in [0.1, 0.15) is 5.82 Å². The Kier molecular flexibility index (Phi) is 3.54. The number of para-hydroxylation sites is 1. The van der Waals surface area contributed by atoms with Crippen LogP contribution < -0.4 is 4.72 Å². The molecular formula is C12H9ClFNO2S. The van der Waals surface area contributed by atoms with Crippen LogP contribution in [0.3, 0.4) is 0 Å². The first kappa shape index (κ1) is 12.9. The number of sulfonamides is 1. The molecule has 2 aromatic rings. The van der Waals surface area contributed by atoms with E-state index >= 15 is 0 Å².